The second-order valence-electron chi connectivity index (χ2n) is 5.42. The van der Waals surface area contributed by atoms with Crippen LogP contribution in [0.25, 0.3) is 0 Å². The zero-order valence-corrected chi connectivity index (χ0v) is 11.8. The molecule has 16 heavy (non-hydrogen) atoms. The number of hydrogen-bond donors (Lipinski definition) is 0. The molecule has 0 radical (unpaired) electrons. The van der Waals surface area contributed by atoms with Crippen molar-refractivity contribution in [3.05, 3.63) is 48.0 Å². The molecule has 1 nitrogen and oxygen atoms in total. The molecule has 0 bridgehead atoms. The fourth-order valence-electron chi connectivity index (χ4n) is 1.70. The van der Waals surface area contributed by atoms with E-state index in [0.717, 1.165) is 5.57 Å². The van der Waals surface area contributed by atoms with Gasteiger partial charge in [-0.1, -0.05) is 62.1 Å². The van der Waals surface area contributed by atoms with Gasteiger partial charge in [0.2, 0.25) is 0 Å². The number of ether oxygens (including phenoxy) is 1. The molecule has 1 aromatic carbocycles. The normalized spacial score (nSPS) is 13.5. The SMILES string of the molecule is C=C(C)COC(c1ccccc1)[Si](C)(C)C. The lowest BCUT2D eigenvalue weighted by atomic mass is 10.2. The van der Waals surface area contributed by atoms with E-state index in [1.807, 2.05) is 13.0 Å². The molecular weight excluding hydrogens is 212 g/mol. The summed E-state index contributed by atoms with van der Waals surface area (Å²) in [4.78, 5) is 0. The summed E-state index contributed by atoms with van der Waals surface area (Å²) in [5.41, 5.74) is 2.63. The molecule has 1 unspecified atom stereocenters. The van der Waals surface area contributed by atoms with Crippen molar-refractivity contribution in [1.82, 2.24) is 0 Å². The fraction of sp³-hybridized carbons (Fsp3) is 0.429. The van der Waals surface area contributed by atoms with Crippen molar-refractivity contribution in [2.45, 2.75) is 32.3 Å². The maximum atomic E-state index is 6.02. The van der Waals surface area contributed by atoms with Crippen molar-refractivity contribution < 1.29 is 4.74 Å². The molecular formula is C14H22OSi. The van der Waals surface area contributed by atoms with Gasteiger partial charge in [0.15, 0.2) is 0 Å². The highest BCUT2D eigenvalue weighted by Crippen LogP contribution is 2.28. The summed E-state index contributed by atoms with van der Waals surface area (Å²) in [5, 5.41) is 0. The van der Waals surface area contributed by atoms with Gasteiger partial charge in [0.05, 0.1) is 20.4 Å². The summed E-state index contributed by atoms with van der Waals surface area (Å²) >= 11 is 0. The molecule has 1 aromatic rings. The fourth-order valence-corrected chi connectivity index (χ4v) is 3.48. The van der Waals surface area contributed by atoms with Crippen LogP contribution in [0.2, 0.25) is 19.6 Å². The minimum absolute atomic E-state index is 0.255. The predicted octanol–water partition coefficient (Wildman–Crippen LogP) is 4.20. The van der Waals surface area contributed by atoms with E-state index in [0.29, 0.717) is 6.61 Å². The Morgan fingerprint density at radius 3 is 2.25 bits per heavy atom. The van der Waals surface area contributed by atoms with E-state index in [-0.39, 0.29) is 5.73 Å². The van der Waals surface area contributed by atoms with Gasteiger partial charge in [-0.25, -0.2) is 0 Å². The molecule has 1 atom stereocenters. The molecule has 0 saturated heterocycles. The monoisotopic (exact) mass is 234 g/mol. The maximum Gasteiger partial charge on any atom is 0.0842 e. The molecule has 0 spiro atoms. The molecule has 0 aliphatic rings. The Morgan fingerprint density at radius 1 is 1.25 bits per heavy atom. The summed E-state index contributed by atoms with van der Waals surface area (Å²) in [5.74, 6) is 0. The van der Waals surface area contributed by atoms with Gasteiger partial charge in [-0.05, 0) is 12.5 Å². The molecule has 0 fully saturated rings. The van der Waals surface area contributed by atoms with Crippen molar-refractivity contribution in [2.24, 2.45) is 0 Å². The third-order valence-corrected chi connectivity index (χ3v) is 4.46. The molecule has 0 N–H and O–H groups in total. The Kier molecular flexibility index (Phi) is 4.51. The Morgan fingerprint density at radius 2 is 1.81 bits per heavy atom. The third-order valence-electron chi connectivity index (χ3n) is 2.39. The van der Waals surface area contributed by atoms with Crippen LogP contribution in [-0.4, -0.2) is 14.7 Å². The molecule has 0 heterocycles. The van der Waals surface area contributed by atoms with Crippen LogP contribution in [0.15, 0.2) is 42.5 Å². The van der Waals surface area contributed by atoms with E-state index < -0.39 is 8.07 Å². The third kappa shape index (κ3) is 3.95. The van der Waals surface area contributed by atoms with E-state index >= 15 is 0 Å². The van der Waals surface area contributed by atoms with Crippen molar-refractivity contribution >= 4 is 8.07 Å². The molecule has 0 saturated carbocycles. The first-order valence-electron chi connectivity index (χ1n) is 5.72. The average Bonchev–Trinajstić information content (AvgIpc) is 2.17. The van der Waals surface area contributed by atoms with Gasteiger partial charge >= 0.3 is 0 Å². The van der Waals surface area contributed by atoms with Crippen LogP contribution in [0.5, 0.6) is 0 Å². The highest BCUT2D eigenvalue weighted by atomic mass is 28.3. The Labute approximate surface area is 100 Å². The lowest BCUT2D eigenvalue weighted by Crippen LogP contribution is -2.33. The van der Waals surface area contributed by atoms with Gasteiger partial charge in [-0.2, -0.15) is 0 Å². The first kappa shape index (κ1) is 13.2. The van der Waals surface area contributed by atoms with Gasteiger partial charge in [0.25, 0.3) is 0 Å². The molecule has 0 amide bonds. The standard InChI is InChI=1S/C14H22OSi/c1-12(2)11-15-14(16(3,4)5)13-9-7-6-8-10-13/h6-10,14H,1,11H2,2-5H3. The van der Waals surface area contributed by atoms with Gasteiger partial charge in [0, 0.05) is 0 Å². The van der Waals surface area contributed by atoms with Crippen molar-refractivity contribution in [1.29, 1.82) is 0 Å². The number of benzene rings is 1. The lowest BCUT2D eigenvalue weighted by molar-refractivity contribution is 0.120. The summed E-state index contributed by atoms with van der Waals surface area (Å²) in [7, 11) is -1.36. The van der Waals surface area contributed by atoms with Crippen molar-refractivity contribution in [2.75, 3.05) is 6.61 Å². The van der Waals surface area contributed by atoms with E-state index in [1.165, 1.54) is 5.56 Å². The van der Waals surface area contributed by atoms with Crippen LogP contribution in [0.4, 0.5) is 0 Å². The number of rotatable bonds is 5. The summed E-state index contributed by atoms with van der Waals surface area (Å²) in [6.45, 7) is 13.6. The van der Waals surface area contributed by atoms with Crippen LogP contribution < -0.4 is 0 Å². The maximum absolute atomic E-state index is 6.02. The first-order chi connectivity index (χ1) is 7.41. The predicted molar refractivity (Wildman–Crippen MR) is 73.3 cm³/mol. The highest BCUT2D eigenvalue weighted by Gasteiger charge is 2.28. The topological polar surface area (TPSA) is 9.23 Å². The van der Waals surface area contributed by atoms with Gasteiger partial charge < -0.3 is 4.74 Å². The quantitative estimate of drug-likeness (QED) is 0.548. The second kappa shape index (κ2) is 5.46. The lowest BCUT2D eigenvalue weighted by Gasteiger charge is -2.29. The average molecular weight is 234 g/mol. The minimum atomic E-state index is -1.36. The minimum Gasteiger partial charge on any atom is -0.373 e. The zero-order valence-electron chi connectivity index (χ0n) is 10.8. The van der Waals surface area contributed by atoms with Crippen LogP contribution in [-0.2, 0) is 4.74 Å². The molecule has 2 heteroatoms. The highest BCUT2D eigenvalue weighted by molar-refractivity contribution is 6.77. The molecule has 1 rings (SSSR count). The van der Waals surface area contributed by atoms with Crippen molar-refractivity contribution in [3.8, 4) is 0 Å². The zero-order chi connectivity index (χ0) is 12.2. The molecule has 88 valence electrons. The largest absolute Gasteiger partial charge is 0.373 e. The molecule has 0 aliphatic heterocycles. The Balaban J connectivity index is 2.84. The smallest absolute Gasteiger partial charge is 0.0842 e. The Bertz CT molecular complexity index is 338. The van der Waals surface area contributed by atoms with Crippen LogP contribution >= 0.6 is 0 Å². The van der Waals surface area contributed by atoms with E-state index in [1.54, 1.807) is 0 Å². The van der Waals surface area contributed by atoms with Gasteiger partial charge in [-0.15, -0.1) is 0 Å². The van der Waals surface area contributed by atoms with E-state index in [9.17, 15) is 0 Å². The van der Waals surface area contributed by atoms with E-state index in [2.05, 4.69) is 50.5 Å². The first-order valence-corrected chi connectivity index (χ1v) is 9.30. The summed E-state index contributed by atoms with van der Waals surface area (Å²) in [6.07, 6.45) is 0. The Hall–Kier alpha value is -0.863. The van der Waals surface area contributed by atoms with Gasteiger partial charge in [0.1, 0.15) is 0 Å². The molecule has 0 aliphatic carbocycles. The molecule has 0 aromatic heterocycles. The van der Waals surface area contributed by atoms with E-state index in [4.69, 9.17) is 4.74 Å². The van der Waals surface area contributed by atoms with Crippen LogP contribution in [0.3, 0.4) is 0 Å². The second-order valence-corrected chi connectivity index (χ2v) is 10.7. The van der Waals surface area contributed by atoms with Gasteiger partial charge in [-0.3, -0.25) is 0 Å². The van der Waals surface area contributed by atoms with Crippen LogP contribution in [0.1, 0.15) is 18.2 Å². The summed E-state index contributed by atoms with van der Waals surface area (Å²) in [6, 6.07) is 10.5. The summed E-state index contributed by atoms with van der Waals surface area (Å²) < 4.78 is 6.02. The number of hydrogen-bond acceptors (Lipinski definition) is 1. The van der Waals surface area contributed by atoms with Crippen molar-refractivity contribution in [3.63, 3.8) is 0 Å². The van der Waals surface area contributed by atoms with Crippen LogP contribution in [0, 0.1) is 0 Å².